The molecule has 200 valence electrons. The number of pyridine rings is 1. The molecule has 1 aliphatic carbocycles. The Morgan fingerprint density at radius 2 is 1.41 bits per heavy atom. The van der Waals surface area contributed by atoms with Crippen LogP contribution in [0.2, 0.25) is 0 Å². The lowest BCUT2D eigenvalue weighted by molar-refractivity contribution is 0.862. The Morgan fingerprint density at radius 1 is 0.795 bits per heavy atom. The fraction of sp³-hybridized carbons (Fsp3) is 0.343. The molecule has 3 unspecified atom stereocenters. The number of hydrogen-bond donors (Lipinski definition) is 1. The van der Waals surface area contributed by atoms with Crippen LogP contribution in [0.15, 0.2) is 78.1 Å². The zero-order valence-electron chi connectivity index (χ0n) is 24.1. The van der Waals surface area contributed by atoms with Crippen LogP contribution in [0.25, 0.3) is 21.8 Å². The number of aromatic nitrogens is 1. The number of nitrogens with one attached hydrogen (secondary N) is 1. The van der Waals surface area contributed by atoms with Crippen molar-refractivity contribution in [2.75, 3.05) is 5.32 Å². The number of benzene rings is 3. The molecular weight excluding hydrogens is 510 g/mol. The molecule has 0 amide bonds. The third-order valence-electron chi connectivity index (χ3n) is 8.19. The first-order valence-corrected chi connectivity index (χ1v) is 17.6. The summed E-state index contributed by atoms with van der Waals surface area (Å²) in [5, 5.41) is 9.74. The van der Waals surface area contributed by atoms with Gasteiger partial charge in [-0.25, -0.2) is 4.98 Å². The summed E-state index contributed by atoms with van der Waals surface area (Å²) in [5.74, 6) is 0. The second-order valence-corrected chi connectivity index (χ2v) is 17.5. The highest BCUT2D eigenvalue weighted by Crippen LogP contribution is 2.56. The summed E-state index contributed by atoms with van der Waals surface area (Å²) in [7, 11) is -0.828. The average molecular weight is 551 g/mol. The van der Waals surface area contributed by atoms with Gasteiger partial charge in [0.1, 0.15) is 0 Å². The fourth-order valence-corrected chi connectivity index (χ4v) is 11.4. The van der Waals surface area contributed by atoms with Crippen LogP contribution in [0, 0.1) is 13.8 Å². The molecule has 2 aliphatic rings. The lowest BCUT2D eigenvalue weighted by Crippen LogP contribution is -2.27. The molecule has 0 saturated heterocycles. The van der Waals surface area contributed by atoms with Gasteiger partial charge in [-0.1, -0.05) is 103 Å². The molecule has 0 saturated carbocycles. The smallest absolute Gasteiger partial charge is 0.0745 e. The first kappa shape index (κ1) is 26.7. The van der Waals surface area contributed by atoms with Gasteiger partial charge >= 0.3 is 0 Å². The van der Waals surface area contributed by atoms with Crippen molar-refractivity contribution in [1.82, 2.24) is 4.98 Å². The number of allylic oxidation sites excluding steroid dienone is 2. The summed E-state index contributed by atoms with van der Waals surface area (Å²) in [6.07, 6.45) is 10.2. The highest BCUT2D eigenvalue weighted by Gasteiger charge is 2.29. The zero-order chi connectivity index (χ0) is 27.3. The van der Waals surface area contributed by atoms with Crippen molar-refractivity contribution < 1.29 is 0 Å². The van der Waals surface area contributed by atoms with E-state index in [-0.39, 0.29) is 0 Å². The maximum absolute atomic E-state index is 5.53. The Hall–Kier alpha value is -2.53. The number of rotatable bonds is 2. The molecule has 2 nitrogen and oxygen atoms in total. The first-order valence-electron chi connectivity index (χ1n) is 14.4. The lowest BCUT2D eigenvalue weighted by atomic mass is 10.0. The number of fused-ring (bicyclic) bond motifs is 2. The highest BCUT2D eigenvalue weighted by atomic mass is 31.1. The number of hydrogen-bond acceptors (Lipinski definition) is 2. The van der Waals surface area contributed by atoms with E-state index in [9.17, 15) is 0 Å². The van der Waals surface area contributed by atoms with E-state index in [1.54, 1.807) is 5.31 Å². The minimum Gasteiger partial charge on any atom is -0.377 e. The molecule has 2 bridgehead atoms. The van der Waals surface area contributed by atoms with Gasteiger partial charge in [0.25, 0.3) is 0 Å². The molecule has 1 aliphatic heterocycles. The van der Waals surface area contributed by atoms with Gasteiger partial charge < -0.3 is 5.32 Å². The van der Waals surface area contributed by atoms with Crippen LogP contribution in [0.4, 0.5) is 5.69 Å². The van der Waals surface area contributed by atoms with Crippen molar-refractivity contribution >= 4 is 48.6 Å². The largest absolute Gasteiger partial charge is 0.377 e. The number of para-hydroxylation sites is 1. The quantitative estimate of drug-likeness (QED) is 0.198. The van der Waals surface area contributed by atoms with Crippen LogP contribution in [0.5, 0.6) is 0 Å². The van der Waals surface area contributed by atoms with Gasteiger partial charge in [-0.15, -0.1) is 0 Å². The van der Waals surface area contributed by atoms with Gasteiger partial charge in [0.2, 0.25) is 0 Å². The predicted molar refractivity (Wildman–Crippen MR) is 176 cm³/mol. The van der Waals surface area contributed by atoms with Crippen molar-refractivity contribution in [1.29, 1.82) is 0 Å². The summed E-state index contributed by atoms with van der Waals surface area (Å²) < 4.78 is 0. The van der Waals surface area contributed by atoms with E-state index < -0.39 is 15.8 Å². The van der Waals surface area contributed by atoms with Crippen LogP contribution >= 0.6 is 15.8 Å². The maximum atomic E-state index is 5.53. The molecule has 3 atom stereocenters. The van der Waals surface area contributed by atoms with Crippen LogP contribution < -0.4 is 10.6 Å². The third-order valence-corrected chi connectivity index (χ3v) is 14.2. The minimum atomic E-state index is -0.435. The normalized spacial score (nSPS) is 21.2. The van der Waals surface area contributed by atoms with Gasteiger partial charge in [0, 0.05) is 16.5 Å². The first-order chi connectivity index (χ1) is 18.8. The Bertz CT molecular complexity index is 1610. The van der Waals surface area contributed by atoms with Crippen LogP contribution in [0.3, 0.4) is 0 Å². The molecule has 4 aromatic rings. The van der Waals surface area contributed by atoms with Crippen molar-refractivity contribution in [3.63, 3.8) is 0 Å². The molecule has 39 heavy (non-hydrogen) atoms. The van der Waals surface area contributed by atoms with E-state index in [1.807, 2.05) is 0 Å². The molecule has 0 spiro atoms. The van der Waals surface area contributed by atoms with Gasteiger partial charge in [-0.05, 0) is 89.9 Å². The van der Waals surface area contributed by atoms with E-state index in [2.05, 4.69) is 120 Å². The van der Waals surface area contributed by atoms with Crippen molar-refractivity contribution in [2.24, 2.45) is 0 Å². The summed E-state index contributed by atoms with van der Waals surface area (Å²) in [6, 6.07) is 21.4. The zero-order valence-corrected chi connectivity index (χ0v) is 25.9. The standard InChI is InChI=1S/C35H40N2P2/c1-22(2)38-20-28-17-24(5)15-26-19-27-16-25(6)18-29(35(27)37-34(26)28)21-39(23(3)4)33-14-10-8-12-31(33)36-30-11-7-9-13-32(30)38/h7-11,13-19,22-23,31,36H,12,20-21H2,1-6H3. The van der Waals surface area contributed by atoms with Crippen LogP contribution in [0.1, 0.15) is 56.4 Å². The second-order valence-electron chi connectivity index (χ2n) is 11.9. The molecule has 1 aromatic heterocycles. The molecule has 6 rings (SSSR count). The van der Waals surface area contributed by atoms with E-state index >= 15 is 0 Å². The SMILES string of the molecule is Cc1cc2c3nc4c(cc(C)cc4cc3c1)CP(C(C)C)c1ccccc1NC1CC=CC=C1P(C(C)C)C2. The molecular formula is C35H40N2P2. The Balaban J connectivity index is 1.66. The van der Waals surface area contributed by atoms with Crippen LogP contribution in [-0.2, 0) is 12.3 Å². The van der Waals surface area contributed by atoms with Gasteiger partial charge in [0.15, 0.2) is 0 Å². The van der Waals surface area contributed by atoms with Gasteiger partial charge in [-0.2, -0.15) is 0 Å². The summed E-state index contributed by atoms with van der Waals surface area (Å²) >= 11 is 0. The van der Waals surface area contributed by atoms with E-state index in [0.717, 1.165) is 18.7 Å². The van der Waals surface area contributed by atoms with Crippen LogP contribution in [-0.4, -0.2) is 22.3 Å². The predicted octanol–water partition coefficient (Wildman–Crippen LogP) is 9.75. The molecule has 2 heterocycles. The lowest BCUT2D eigenvalue weighted by Gasteiger charge is -2.35. The number of aryl methyl sites for hydroxylation is 2. The topological polar surface area (TPSA) is 24.9 Å². The maximum Gasteiger partial charge on any atom is 0.0745 e. The summed E-state index contributed by atoms with van der Waals surface area (Å²) in [4.78, 5) is 5.53. The van der Waals surface area contributed by atoms with Crippen molar-refractivity contribution in [3.05, 3.63) is 100 Å². The van der Waals surface area contributed by atoms with Crippen molar-refractivity contribution in [3.8, 4) is 0 Å². The van der Waals surface area contributed by atoms with Crippen molar-refractivity contribution in [2.45, 2.75) is 77.6 Å². The van der Waals surface area contributed by atoms with Gasteiger partial charge in [-0.3, -0.25) is 0 Å². The molecule has 0 fully saturated rings. The van der Waals surface area contributed by atoms with E-state index in [0.29, 0.717) is 17.4 Å². The second kappa shape index (κ2) is 10.8. The average Bonchev–Trinajstić information content (AvgIpc) is 2.89. The Morgan fingerprint density at radius 3 is 2.05 bits per heavy atom. The molecule has 1 N–H and O–H groups in total. The van der Waals surface area contributed by atoms with Gasteiger partial charge in [0.05, 0.1) is 17.1 Å². The summed E-state index contributed by atoms with van der Waals surface area (Å²) in [6.45, 7) is 14.1. The van der Waals surface area contributed by atoms with E-state index in [1.165, 1.54) is 55.1 Å². The Labute approximate surface area is 236 Å². The number of anilines is 1. The molecule has 3 aromatic carbocycles. The highest BCUT2D eigenvalue weighted by molar-refractivity contribution is 7.66. The monoisotopic (exact) mass is 550 g/mol. The minimum absolute atomic E-state index is 0.335. The number of nitrogens with zero attached hydrogens (tertiary/aromatic N) is 1. The van der Waals surface area contributed by atoms with E-state index in [4.69, 9.17) is 4.98 Å². The third kappa shape index (κ3) is 5.19. The summed E-state index contributed by atoms with van der Waals surface area (Å²) in [5.41, 5.74) is 10.3. The molecule has 0 radical (unpaired) electrons. The molecule has 4 heteroatoms. The Kier molecular flexibility index (Phi) is 7.39. The fourth-order valence-electron chi connectivity index (χ4n) is 6.35.